The number of carbonyl (C=O) groups excluding carboxylic acids is 1. The molecule has 0 aromatic heterocycles. The number of sulfonamides is 1. The fourth-order valence-corrected chi connectivity index (χ4v) is 3.84. The third-order valence-corrected chi connectivity index (χ3v) is 5.99. The SMILES string of the molecule is CN(c1cccc(C(=O)Nc2cccc([N+](=O)[O-])c2)c1)S(=O)(=O)c1ccccc1. The van der Waals surface area contributed by atoms with Crippen molar-refractivity contribution in [2.75, 3.05) is 16.7 Å². The van der Waals surface area contributed by atoms with E-state index in [-0.39, 0.29) is 21.8 Å². The summed E-state index contributed by atoms with van der Waals surface area (Å²) in [7, 11) is -2.38. The van der Waals surface area contributed by atoms with Gasteiger partial charge in [-0.3, -0.25) is 19.2 Å². The lowest BCUT2D eigenvalue weighted by Gasteiger charge is -2.20. The van der Waals surface area contributed by atoms with Crippen LogP contribution in [0.4, 0.5) is 17.1 Å². The molecule has 3 aromatic rings. The molecule has 0 heterocycles. The molecule has 8 nitrogen and oxygen atoms in total. The molecule has 1 N–H and O–H groups in total. The van der Waals surface area contributed by atoms with Crippen LogP contribution in [0.1, 0.15) is 10.4 Å². The number of anilines is 2. The van der Waals surface area contributed by atoms with Crippen molar-refractivity contribution >= 4 is 33.0 Å². The van der Waals surface area contributed by atoms with Gasteiger partial charge in [0.25, 0.3) is 21.6 Å². The van der Waals surface area contributed by atoms with Crippen LogP contribution in [0.15, 0.2) is 83.8 Å². The highest BCUT2D eigenvalue weighted by atomic mass is 32.2. The normalized spacial score (nSPS) is 10.9. The van der Waals surface area contributed by atoms with Crippen LogP contribution in [0.5, 0.6) is 0 Å². The van der Waals surface area contributed by atoms with Gasteiger partial charge in [-0.05, 0) is 36.4 Å². The van der Waals surface area contributed by atoms with Gasteiger partial charge in [-0.1, -0.05) is 30.3 Å². The van der Waals surface area contributed by atoms with Crippen LogP contribution in [-0.2, 0) is 10.0 Å². The highest BCUT2D eigenvalue weighted by Crippen LogP contribution is 2.24. The van der Waals surface area contributed by atoms with E-state index in [1.54, 1.807) is 30.3 Å². The maximum atomic E-state index is 12.8. The number of non-ortho nitro benzene ring substituents is 1. The maximum Gasteiger partial charge on any atom is 0.271 e. The average molecular weight is 411 g/mol. The van der Waals surface area contributed by atoms with E-state index in [1.807, 2.05) is 0 Å². The molecule has 0 bridgehead atoms. The summed E-state index contributed by atoms with van der Waals surface area (Å²) in [6, 6.07) is 19.6. The van der Waals surface area contributed by atoms with E-state index < -0.39 is 20.9 Å². The first-order valence-electron chi connectivity index (χ1n) is 8.49. The molecular formula is C20H17N3O5S. The molecule has 3 aromatic carbocycles. The Labute approximate surface area is 167 Å². The molecule has 3 rings (SSSR count). The van der Waals surface area contributed by atoms with Gasteiger partial charge in [-0.25, -0.2) is 8.42 Å². The number of hydrogen-bond donors (Lipinski definition) is 1. The number of carbonyl (C=O) groups is 1. The Morgan fingerprint density at radius 2 is 1.66 bits per heavy atom. The predicted octanol–water partition coefficient (Wildman–Crippen LogP) is 3.67. The molecule has 0 saturated heterocycles. The first-order chi connectivity index (χ1) is 13.8. The van der Waals surface area contributed by atoms with Gasteiger partial charge < -0.3 is 5.32 Å². The van der Waals surface area contributed by atoms with E-state index >= 15 is 0 Å². The molecule has 0 radical (unpaired) electrons. The van der Waals surface area contributed by atoms with Gasteiger partial charge in [-0.15, -0.1) is 0 Å². The molecule has 148 valence electrons. The van der Waals surface area contributed by atoms with Crippen LogP contribution in [-0.4, -0.2) is 26.3 Å². The van der Waals surface area contributed by atoms with Gasteiger partial charge in [0.15, 0.2) is 0 Å². The summed E-state index contributed by atoms with van der Waals surface area (Å²) in [4.78, 5) is 23.0. The molecule has 0 spiro atoms. The molecule has 0 aliphatic heterocycles. The molecule has 0 aliphatic rings. The van der Waals surface area contributed by atoms with Crippen molar-refractivity contribution in [2.45, 2.75) is 4.90 Å². The molecule has 0 fully saturated rings. The Morgan fingerprint density at radius 1 is 0.966 bits per heavy atom. The fraction of sp³-hybridized carbons (Fsp3) is 0.0500. The zero-order chi connectivity index (χ0) is 21.0. The summed E-state index contributed by atoms with van der Waals surface area (Å²) in [5, 5.41) is 13.4. The first-order valence-corrected chi connectivity index (χ1v) is 9.93. The second-order valence-corrected chi connectivity index (χ2v) is 8.07. The summed E-state index contributed by atoms with van der Waals surface area (Å²) >= 11 is 0. The molecule has 0 unspecified atom stereocenters. The Morgan fingerprint density at radius 3 is 2.34 bits per heavy atom. The highest BCUT2D eigenvalue weighted by Gasteiger charge is 2.21. The van der Waals surface area contributed by atoms with Gasteiger partial charge in [0.1, 0.15) is 0 Å². The van der Waals surface area contributed by atoms with Gasteiger partial charge in [0, 0.05) is 30.4 Å². The largest absolute Gasteiger partial charge is 0.322 e. The molecule has 0 atom stereocenters. The summed E-state index contributed by atoms with van der Waals surface area (Å²) in [6.45, 7) is 0. The van der Waals surface area contributed by atoms with Gasteiger partial charge >= 0.3 is 0 Å². The molecular weight excluding hydrogens is 394 g/mol. The minimum Gasteiger partial charge on any atom is -0.322 e. The third-order valence-electron chi connectivity index (χ3n) is 4.19. The Hall–Kier alpha value is -3.72. The van der Waals surface area contributed by atoms with Crippen LogP contribution in [0.2, 0.25) is 0 Å². The number of rotatable bonds is 6. The van der Waals surface area contributed by atoms with E-state index in [1.165, 1.54) is 55.6 Å². The van der Waals surface area contributed by atoms with Crippen LogP contribution in [0.3, 0.4) is 0 Å². The Balaban J connectivity index is 1.85. The Kier molecular flexibility index (Phi) is 5.60. The molecule has 9 heteroatoms. The van der Waals surface area contributed by atoms with E-state index in [4.69, 9.17) is 0 Å². The number of nitrogens with zero attached hydrogens (tertiary/aromatic N) is 2. The first kappa shape index (κ1) is 20.0. The predicted molar refractivity (Wildman–Crippen MR) is 110 cm³/mol. The zero-order valence-electron chi connectivity index (χ0n) is 15.3. The van der Waals surface area contributed by atoms with E-state index in [2.05, 4.69) is 5.32 Å². The van der Waals surface area contributed by atoms with Gasteiger partial charge in [-0.2, -0.15) is 0 Å². The number of nitro groups is 1. The minimum absolute atomic E-state index is 0.133. The summed E-state index contributed by atoms with van der Waals surface area (Å²) in [5.74, 6) is -0.516. The van der Waals surface area contributed by atoms with Crippen LogP contribution >= 0.6 is 0 Å². The second-order valence-electron chi connectivity index (χ2n) is 6.10. The average Bonchev–Trinajstić information content (AvgIpc) is 2.74. The van der Waals surface area contributed by atoms with Crippen molar-refractivity contribution in [2.24, 2.45) is 0 Å². The van der Waals surface area contributed by atoms with Crippen LogP contribution in [0, 0.1) is 10.1 Å². The minimum atomic E-state index is -3.78. The van der Waals surface area contributed by atoms with Crippen molar-refractivity contribution in [3.63, 3.8) is 0 Å². The number of amides is 1. The monoisotopic (exact) mass is 411 g/mol. The maximum absolute atomic E-state index is 12.8. The molecule has 0 aliphatic carbocycles. The van der Waals surface area contributed by atoms with Crippen LogP contribution < -0.4 is 9.62 Å². The highest BCUT2D eigenvalue weighted by molar-refractivity contribution is 7.92. The molecule has 1 amide bonds. The van der Waals surface area contributed by atoms with Crippen LogP contribution in [0.25, 0.3) is 0 Å². The summed E-state index contributed by atoms with van der Waals surface area (Å²) < 4.78 is 26.6. The van der Waals surface area contributed by atoms with Crippen molar-refractivity contribution in [3.8, 4) is 0 Å². The lowest BCUT2D eigenvalue weighted by molar-refractivity contribution is -0.384. The zero-order valence-corrected chi connectivity index (χ0v) is 16.2. The van der Waals surface area contributed by atoms with E-state index in [0.29, 0.717) is 5.69 Å². The van der Waals surface area contributed by atoms with Crippen molar-refractivity contribution in [1.82, 2.24) is 0 Å². The van der Waals surface area contributed by atoms with Gasteiger partial charge in [0.05, 0.1) is 15.5 Å². The van der Waals surface area contributed by atoms with Crippen molar-refractivity contribution < 1.29 is 18.1 Å². The fourth-order valence-electron chi connectivity index (χ4n) is 2.63. The van der Waals surface area contributed by atoms with E-state index in [9.17, 15) is 23.3 Å². The Bertz CT molecular complexity index is 1160. The molecule has 29 heavy (non-hydrogen) atoms. The van der Waals surface area contributed by atoms with Crippen molar-refractivity contribution in [3.05, 3.63) is 94.5 Å². The van der Waals surface area contributed by atoms with Gasteiger partial charge in [0.2, 0.25) is 0 Å². The number of hydrogen-bond acceptors (Lipinski definition) is 5. The third kappa shape index (κ3) is 4.41. The summed E-state index contributed by atoms with van der Waals surface area (Å²) in [5.41, 5.74) is 0.634. The lowest BCUT2D eigenvalue weighted by Crippen LogP contribution is -2.26. The summed E-state index contributed by atoms with van der Waals surface area (Å²) in [6.07, 6.45) is 0. The smallest absolute Gasteiger partial charge is 0.271 e. The quantitative estimate of drug-likeness (QED) is 0.492. The second kappa shape index (κ2) is 8.11. The number of nitro benzene ring substituents is 1. The topological polar surface area (TPSA) is 110 Å². The van der Waals surface area contributed by atoms with Crippen molar-refractivity contribution in [1.29, 1.82) is 0 Å². The lowest BCUT2D eigenvalue weighted by atomic mass is 10.2. The number of benzene rings is 3. The van der Waals surface area contributed by atoms with E-state index in [0.717, 1.165) is 4.31 Å². The standard InChI is InChI=1S/C20H17N3O5S/c1-22(29(27,28)19-11-3-2-4-12-19)17-9-5-7-15(13-17)20(24)21-16-8-6-10-18(14-16)23(25)26/h2-14H,1H3,(H,21,24). The molecule has 0 saturated carbocycles. The number of nitrogens with one attached hydrogen (secondary N) is 1.